The first-order valence-electron chi connectivity index (χ1n) is 10.7. The van der Waals surface area contributed by atoms with Crippen LogP contribution in [0.15, 0.2) is 33.0 Å². The molecule has 0 bridgehead atoms. The molecule has 0 saturated heterocycles. The quantitative estimate of drug-likeness (QED) is 0.373. The highest BCUT2D eigenvalue weighted by molar-refractivity contribution is 9.10. The SMILES string of the molecule is N=c1ncn(CCC2CCC(NC(=O)O)CC2)c2nc(Sc3cc4c(cc3Br)OCO4)[nH]c12. The van der Waals surface area contributed by atoms with Crippen LogP contribution in [0.4, 0.5) is 4.79 Å². The maximum atomic E-state index is 10.8. The number of benzene rings is 1. The summed E-state index contributed by atoms with van der Waals surface area (Å²) in [5, 5.41) is 20.4. The van der Waals surface area contributed by atoms with E-state index in [-0.39, 0.29) is 18.3 Å². The van der Waals surface area contributed by atoms with Crippen molar-refractivity contribution in [2.45, 2.75) is 54.7 Å². The number of amides is 1. The molecule has 10 nitrogen and oxygen atoms in total. The van der Waals surface area contributed by atoms with E-state index in [1.807, 2.05) is 16.7 Å². The molecule has 3 heterocycles. The zero-order chi connectivity index (χ0) is 22.9. The molecule has 0 radical (unpaired) electrons. The third-order valence-electron chi connectivity index (χ3n) is 6.08. The Hall–Kier alpha value is -2.73. The van der Waals surface area contributed by atoms with Gasteiger partial charge in [0.05, 0.1) is 6.33 Å². The molecule has 0 spiro atoms. The Balaban J connectivity index is 1.30. The zero-order valence-corrected chi connectivity index (χ0v) is 20.0. The molecule has 12 heteroatoms. The summed E-state index contributed by atoms with van der Waals surface area (Å²) in [5.74, 6) is 1.94. The van der Waals surface area contributed by atoms with Crippen LogP contribution in [-0.4, -0.2) is 43.6 Å². The second kappa shape index (κ2) is 9.26. The lowest BCUT2D eigenvalue weighted by molar-refractivity contribution is 0.174. The second-order valence-corrected chi connectivity index (χ2v) is 10.1. The Bertz CT molecular complexity index is 1250. The number of ether oxygens (including phenoxy) is 2. The van der Waals surface area contributed by atoms with Gasteiger partial charge in [0.25, 0.3) is 0 Å². The zero-order valence-electron chi connectivity index (χ0n) is 17.6. The third-order valence-corrected chi connectivity index (χ3v) is 7.95. The Morgan fingerprint density at radius 2 is 2.06 bits per heavy atom. The van der Waals surface area contributed by atoms with E-state index in [4.69, 9.17) is 25.0 Å². The van der Waals surface area contributed by atoms with Gasteiger partial charge in [0.15, 0.2) is 27.8 Å². The highest BCUT2D eigenvalue weighted by atomic mass is 79.9. The van der Waals surface area contributed by atoms with Gasteiger partial charge in [-0.3, -0.25) is 5.41 Å². The number of hydrogen-bond acceptors (Lipinski definition) is 7. The maximum Gasteiger partial charge on any atom is 0.404 e. The molecule has 33 heavy (non-hydrogen) atoms. The van der Waals surface area contributed by atoms with Crippen molar-refractivity contribution < 1.29 is 19.4 Å². The Morgan fingerprint density at radius 3 is 2.82 bits per heavy atom. The fourth-order valence-electron chi connectivity index (χ4n) is 4.35. The monoisotopic (exact) mass is 534 g/mol. The first-order valence-corrected chi connectivity index (χ1v) is 12.3. The van der Waals surface area contributed by atoms with Gasteiger partial charge in [-0.2, -0.15) is 0 Å². The Kier molecular flexibility index (Phi) is 6.19. The lowest BCUT2D eigenvalue weighted by atomic mass is 9.84. The number of rotatable bonds is 6. The van der Waals surface area contributed by atoms with E-state index in [2.05, 4.69) is 31.2 Å². The highest BCUT2D eigenvalue weighted by Crippen LogP contribution is 2.42. The molecular weight excluding hydrogens is 512 g/mol. The minimum absolute atomic E-state index is 0.0591. The number of halogens is 1. The topological polar surface area (TPSA) is 138 Å². The Morgan fingerprint density at radius 1 is 1.30 bits per heavy atom. The van der Waals surface area contributed by atoms with Crippen LogP contribution in [0.1, 0.15) is 32.1 Å². The van der Waals surface area contributed by atoms with Crippen LogP contribution in [0.5, 0.6) is 11.5 Å². The van der Waals surface area contributed by atoms with Gasteiger partial charge in [0, 0.05) is 22.0 Å². The van der Waals surface area contributed by atoms with Crippen molar-refractivity contribution in [2.24, 2.45) is 5.92 Å². The fourth-order valence-corrected chi connectivity index (χ4v) is 5.73. The van der Waals surface area contributed by atoms with Crippen molar-refractivity contribution in [3.05, 3.63) is 28.4 Å². The number of H-pyrrole nitrogens is 1. The van der Waals surface area contributed by atoms with E-state index in [1.165, 1.54) is 11.8 Å². The number of aromatic amines is 1. The fraction of sp³-hybridized carbons (Fsp3) is 0.429. The van der Waals surface area contributed by atoms with Crippen molar-refractivity contribution in [3.63, 3.8) is 0 Å². The molecule has 5 rings (SSSR count). The molecule has 0 unspecified atom stereocenters. The molecule has 1 aliphatic heterocycles. The third kappa shape index (κ3) is 4.81. The molecule has 174 valence electrons. The highest BCUT2D eigenvalue weighted by Gasteiger charge is 2.23. The minimum atomic E-state index is -0.946. The van der Waals surface area contributed by atoms with Crippen molar-refractivity contribution >= 4 is 44.9 Å². The van der Waals surface area contributed by atoms with E-state index < -0.39 is 6.09 Å². The van der Waals surface area contributed by atoms with Crippen LogP contribution in [0.3, 0.4) is 0 Å². The van der Waals surface area contributed by atoms with Crippen LogP contribution in [0, 0.1) is 11.3 Å². The summed E-state index contributed by atoms with van der Waals surface area (Å²) in [6.07, 6.45) is 5.42. The number of nitrogens with one attached hydrogen (secondary N) is 3. The van der Waals surface area contributed by atoms with Gasteiger partial charge >= 0.3 is 6.09 Å². The second-order valence-electron chi connectivity index (χ2n) is 8.22. The lowest BCUT2D eigenvalue weighted by Gasteiger charge is -2.28. The van der Waals surface area contributed by atoms with Gasteiger partial charge in [-0.25, -0.2) is 14.8 Å². The van der Waals surface area contributed by atoms with Gasteiger partial charge in [-0.15, -0.1) is 0 Å². The number of fused-ring (bicyclic) bond motifs is 2. The Labute approximate surface area is 201 Å². The largest absolute Gasteiger partial charge is 0.465 e. The number of imidazole rings is 1. The smallest absolute Gasteiger partial charge is 0.404 e. The molecule has 0 atom stereocenters. The molecule has 1 amide bonds. The lowest BCUT2D eigenvalue weighted by Crippen LogP contribution is -2.36. The number of hydrogen-bond donors (Lipinski definition) is 4. The van der Waals surface area contributed by atoms with Gasteiger partial charge < -0.3 is 29.4 Å². The summed E-state index contributed by atoms with van der Waals surface area (Å²) in [7, 11) is 0. The number of carboxylic acid groups (broad SMARTS) is 1. The molecule has 1 saturated carbocycles. The van der Waals surface area contributed by atoms with Gasteiger partial charge in [0.1, 0.15) is 5.52 Å². The van der Waals surface area contributed by atoms with Crippen molar-refractivity contribution in [2.75, 3.05) is 6.79 Å². The van der Waals surface area contributed by atoms with Gasteiger partial charge in [-0.1, -0.05) is 11.8 Å². The molecule has 2 aliphatic rings. The van der Waals surface area contributed by atoms with E-state index in [0.29, 0.717) is 33.7 Å². The van der Waals surface area contributed by atoms with Crippen LogP contribution < -0.4 is 20.3 Å². The van der Waals surface area contributed by atoms with Crippen LogP contribution in [-0.2, 0) is 6.54 Å². The first kappa shape index (κ1) is 22.1. The standard InChI is InChI=1S/C21H23BrN6O4S/c22-13-7-14-15(32-10-31-14)8-16(13)33-20-26-17-18(23)24-9-28(19(17)27-20)6-5-11-1-3-12(4-2-11)25-21(29)30/h7-9,11-12,23,25H,1-6,10H2,(H,26,27)(H,29,30). The predicted molar refractivity (Wildman–Crippen MR) is 124 cm³/mol. The molecule has 2 aromatic heterocycles. The van der Waals surface area contributed by atoms with Crippen LogP contribution in [0.2, 0.25) is 0 Å². The summed E-state index contributed by atoms with van der Waals surface area (Å²) < 4.78 is 13.8. The molecule has 3 aromatic rings. The van der Waals surface area contributed by atoms with E-state index >= 15 is 0 Å². The summed E-state index contributed by atoms with van der Waals surface area (Å²) in [4.78, 5) is 24.0. The average molecular weight is 535 g/mol. The molecule has 1 aromatic carbocycles. The summed E-state index contributed by atoms with van der Waals surface area (Å²) >= 11 is 5.02. The van der Waals surface area contributed by atoms with Crippen LogP contribution >= 0.6 is 27.7 Å². The molecule has 4 N–H and O–H groups in total. The van der Waals surface area contributed by atoms with E-state index in [1.54, 1.807) is 6.33 Å². The number of carbonyl (C=O) groups is 1. The normalized spacial score (nSPS) is 19.7. The van der Waals surface area contributed by atoms with E-state index in [0.717, 1.165) is 48.0 Å². The summed E-state index contributed by atoms with van der Waals surface area (Å²) in [6, 6.07) is 3.85. The molecule has 1 fully saturated rings. The van der Waals surface area contributed by atoms with Gasteiger partial charge in [0.2, 0.25) is 6.79 Å². The first-order chi connectivity index (χ1) is 16.0. The van der Waals surface area contributed by atoms with Crippen molar-refractivity contribution in [1.29, 1.82) is 5.41 Å². The van der Waals surface area contributed by atoms with Gasteiger partial charge in [-0.05, 0) is 66.1 Å². The minimum Gasteiger partial charge on any atom is -0.465 e. The van der Waals surface area contributed by atoms with Crippen molar-refractivity contribution in [3.8, 4) is 11.5 Å². The maximum absolute atomic E-state index is 10.8. The number of aromatic nitrogens is 4. The molecular formula is C21H23BrN6O4S. The van der Waals surface area contributed by atoms with Crippen molar-refractivity contribution in [1.82, 2.24) is 24.8 Å². The molecule has 1 aliphatic carbocycles. The number of aryl methyl sites for hydroxylation is 1. The summed E-state index contributed by atoms with van der Waals surface area (Å²) in [5.41, 5.74) is 1.47. The average Bonchev–Trinajstić information content (AvgIpc) is 3.41. The predicted octanol–water partition coefficient (Wildman–Crippen LogP) is 4.10. The van der Waals surface area contributed by atoms with Crippen LogP contribution in [0.25, 0.3) is 11.2 Å². The van der Waals surface area contributed by atoms with E-state index in [9.17, 15) is 4.79 Å². The number of nitrogens with zero attached hydrogens (tertiary/aromatic N) is 3. The summed E-state index contributed by atoms with van der Waals surface area (Å²) in [6.45, 7) is 0.959.